The average molecular weight is 293 g/mol. The summed E-state index contributed by atoms with van der Waals surface area (Å²) in [6, 6.07) is 3.98. The number of hydrogen-bond donors (Lipinski definition) is 2. The van der Waals surface area contributed by atoms with Gasteiger partial charge in [0.2, 0.25) is 0 Å². The second-order valence-corrected chi connectivity index (χ2v) is 4.43. The second kappa shape index (κ2) is 7.74. The van der Waals surface area contributed by atoms with Crippen molar-refractivity contribution in [2.45, 2.75) is 6.10 Å². The van der Waals surface area contributed by atoms with Gasteiger partial charge in [-0.25, -0.2) is 4.39 Å². The van der Waals surface area contributed by atoms with E-state index in [1.54, 1.807) is 0 Å². The highest BCUT2D eigenvalue weighted by molar-refractivity contribution is 5.94. The van der Waals surface area contributed by atoms with Crippen molar-refractivity contribution in [1.29, 1.82) is 0 Å². The van der Waals surface area contributed by atoms with Crippen molar-refractivity contribution in [2.75, 3.05) is 33.0 Å². The van der Waals surface area contributed by atoms with Crippen LogP contribution < -0.4 is 5.32 Å². The molecule has 21 heavy (non-hydrogen) atoms. The van der Waals surface area contributed by atoms with Gasteiger partial charge in [0.1, 0.15) is 12.4 Å². The zero-order valence-electron chi connectivity index (χ0n) is 11.4. The van der Waals surface area contributed by atoms with Gasteiger partial charge in [-0.2, -0.15) is 0 Å². The summed E-state index contributed by atoms with van der Waals surface area (Å²) in [5, 5.41) is 11.2. The molecule has 1 aliphatic rings. The Hall–Kier alpha value is -1.94. The second-order valence-electron chi connectivity index (χ2n) is 4.43. The van der Waals surface area contributed by atoms with Crippen molar-refractivity contribution in [3.05, 3.63) is 35.1 Å². The minimum atomic E-state index is -0.622. The number of ether oxygens (including phenoxy) is 2. The zero-order valence-corrected chi connectivity index (χ0v) is 11.4. The smallest absolute Gasteiger partial charge is 0.254 e. The van der Waals surface area contributed by atoms with Crippen molar-refractivity contribution in [3.63, 3.8) is 0 Å². The van der Waals surface area contributed by atoms with Crippen molar-refractivity contribution in [1.82, 2.24) is 5.32 Å². The van der Waals surface area contributed by atoms with Gasteiger partial charge < -0.3 is 19.9 Å². The molecular weight excluding hydrogens is 277 g/mol. The fourth-order valence-corrected chi connectivity index (χ4v) is 1.87. The number of halogens is 1. The SMILES string of the molecule is O=C(NCC1COCCO1)c1cc(C#CCO)ccc1F. The summed E-state index contributed by atoms with van der Waals surface area (Å²) in [6.45, 7) is 1.40. The third-order valence-corrected chi connectivity index (χ3v) is 2.90. The minimum absolute atomic E-state index is 0.0866. The van der Waals surface area contributed by atoms with Crippen LogP contribution in [-0.4, -0.2) is 50.1 Å². The molecule has 5 nitrogen and oxygen atoms in total. The van der Waals surface area contributed by atoms with Gasteiger partial charge in [0.15, 0.2) is 0 Å². The summed E-state index contributed by atoms with van der Waals surface area (Å²) >= 11 is 0. The van der Waals surface area contributed by atoms with E-state index in [0.29, 0.717) is 25.4 Å². The molecule has 1 aromatic rings. The van der Waals surface area contributed by atoms with Crippen molar-refractivity contribution < 1.29 is 23.8 Å². The number of nitrogens with one attached hydrogen (secondary N) is 1. The molecule has 1 aromatic carbocycles. The predicted octanol–water partition coefficient (Wildman–Crippen LogP) is 0.315. The Morgan fingerprint density at radius 1 is 1.48 bits per heavy atom. The third-order valence-electron chi connectivity index (χ3n) is 2.90. The van der Waals surface area contributed by atoms with Gasteiger partial charge in [-0.1, -0.05) is 11.8 Å². The number of rotatable bonds is 3. The van der Waals surface area contributed by atoms with Gasteiger partial charge >= 0.3 is 0 Å². The topological polar surface area (TPSA) is 67.8 Å². The molecule has 1 heterocycles. The molecule has 0 spiro atoms. The Balaban J connectivity index is 2.00. The summed E-state index contributed by atoms with van der Waals surface area (Å²) in [7, 11) is 0. The molecule has 1 amide bonds. The lowest BCUT2D eigenvalue weighted by Crippen LogP contribution is -2.39. The highest BCUT2D eigenvalue weighted by Gasteiger charge is 2.17. The maximum Gasteiger partial charge on any atom is 0.254 e. The first-order valence-corrected chi connectivity index (χ1v) is 6.57. The van der Waals surface area contributed by atoms with Crippen LogP contribution in [0.4, 0.5) is 4.39 Å². The zero-order chi connectivity index (χ0) is 15.1. The quantitative estimate of drug-likeness (QED) is 0.787. The highest BCUT2D eigenvalue weighted by Crippen LogP contribution is 2.10. The Morgan fingerprint density at radius 2 is 2.33 bits per heavy atom. The van der Waals surface area contributed by atoms with Crippen LogP contribution in [0.2, 0.25) is 0 Å². The van der Waals surface area contributed by atoms with Crippen molar-refractivity contribution in [2.24, 2.45) is 0 Å². The molecule has 1 unspecified atom stereocenters. The maximum atomic E-state index is 13.7. The molecular formula is C15H16FNO4. The number of benzene rings is 1. The first-order valence-electron chi connectivity index (χ1n) is 6.57. The van der Waals surface area contributed by atoms with Crippen LogP contribution in [0.25, 0.3) is 0 Å². The molecule has 0 aromatic heterocycles. The minimum Gasteiger partial charge on any atom is -0.384 e. The lowest BCUT2D eigenvalue weighted by Gasteiger charge is -2.23. The Morgan fingerprint density at radius 3 is 3.05 bits per heavy atom. The molecule has 1 aliphatic heterocycles. The average Bonchev–Trinajstić information content (AvgIpc) is 2.53. The maximum absolute atomic E-state index is 13.7. The Kier molecular flexibility index (Phi) is 5.69. The van der Waals surface area contributed by atoms with Crippen LogP contribution in [-0.2, 0) is 9.47 Å². The van der Waals surface area contributed by atoms with E-state index in [-0.39, 0.29) is 24.8 Å². The predicted molar refractivity (Wildman–Crippen MR) is 73.3 cm³/mol. The number of aliphatic hydroxyl groups is 1. The standard InChI is InChI=1S/C15H16FNO4/c16-14-4-3-11(2-1-5-18)8-13(14)15(19)17-9-12-10-20-6-7-21-12/h3-4,8,12,18H,5-7,9-10H2,(H,17,19). The van der Waals surface area contributed by atoms with E-state index in [0.717, 1.165) is 0 Å². The molecule has 0 saturated carbocycles. The normalized spacial score (nSPS) is 17.7. The largest absolute Gasteiger partial charge is 0.384 e. The highest BCUT2D eigenvalue weighted by atomic mass is 19.1. The van der Waals surface area contributed by atoms with E-state index in [2.05, 4.69) is 17.2 Å². The lowest BCUT2D eigenvalue weighted by molar-refractivity contribution is -0.0855. The van der Waals surface area contributed by atoms with Crippen molar-refractivity contribution >= 4 is 5.91 Å². The summed E-state index contributed by atoms with van der Waals surface area (Å²) < 4.78 is 24.3. The summed E-state index contributed by atoms with van der Waals surface area (Å²) in [4.78, 5) is 12.0. The number of carbonyl (C=O) groups excluding carboxylic acids is 1. The summed E-state index contributed by atoms with van der Waals surface area (Å²) in [6.07, 6.45) is -0.219. The first-order chi connectivity index (χ1) is 10.2. The fourth-order valence-electron chi connectivity index (χ4n) is 1.87. The van der Waals surface area contributed by atoms with Crippen LogP contribution in [0.1, 0.15) is 15.9 Å². The van der Waals surface area contributed by atoms with Crippen molar-refractivity contribution in [3.8, 4) is 11.8 Å². The van der Waals surface area contributed by atoms with E-state index in [1.165, 1.54) is 18.2 Å². The fraction of sp³-hybridized carbons (Fsp3) is 0.400. The molecule has 1 atom stereocenters. The van der Waals surface area contributed by atoms with Crippen LogP contribution in [0.5, 0.6) is 0 Å². The molecule has 0 radical (unpaired) electrons. The molecule has 2 N–H and O–H groups in total. The van der Waals surface area contributed by atoms with E-state index >= 15 is 0 Å². The monoisotopic (exact) mass is 293 g/mol. The van der Waals surface area contributed by atoms with Gasteiger partial charge in [0.05, 0.1) is 31.5 Å². The van der Waals surface area contributed by atoms with E-state index < -0.39 is 11.7 Å². The van der Waals surface area contributed by atoms with Gasteiger partial charge in [0.25, 0.3) is 5.91 Å². The van der Waals surface area contributed by atoms with Gasteiger partial charge in [-0.05, 0) is 18.2 Å². The summed E-state index contributed by atoms with van der Waals surface area (Å²) in [5.74, 6) is 3.92. The molecule has 0 aliphatic carbocycles. The Labute approximate surface area is 122 Å². The molecule has 6 heteroatoms. The molecule has 1 saturated heterocycles. The first kappa shape index (κ1) is 15.4. The number of hydrogen-bond acceptors (Lipinski definition) is 4. The molecule has 112 valence electrons. The van der Waals surface area contributed by atoms with Crippen LogP contribution in [0, 0.1) is 17.7 Å². The van der Waals surface area contributed by atoms with Crippen LogP contribution in [0.15, 0.2) is 18.2 Å². The van der Waals surface area contributed by atoms with Gasteiger partial charge in [-0.3, -0.25) is 4.79 Å². The van der Waals surface area contributed by atoms with Crippen LogP contribution in [0.3, 0.4) is 0 Å². The molecule has 0 bridgehead atoms. The van der Waals surface area contributed by atoms with Crippen LogP contribution >= 0.6 is 0 Å². The molecule has 2 rings (SSSR count). The molecule has 1 fully saturated rings. The van der Waals surface area contributed by atoms with Gasteiger partial charge in [0, 0.05) is 12.1 Å². The lowest BCUT2D eigenvalue weighted by atomic mass is 10.1. The Bertz CT molecular complexity index is 559. The number of amides is 1. The third kappa shape index (κ3) is 4.53. The van der Waals surface area contributed by atoms with E-state index in [4.69, 9.17) is 14.6 Å². The number of aliphatic hydroxyl groups excluding tert-OH is 1. The summed E-state index contributed by atoms with van der Waals surface area (Å²) in [5.41, 5.74) is 0.379. The number of carbonyl (C=O) groups is 1. The van der Waals surface area contributed by atoms with Gasteiger partial charge in [-0.15, -0.1) is 0 Å². The van der Waals surface area contributed by atoms with E-state index in [9.17, 15) is 9.18 Å². The van der Waals surface area contributed by atoms with E-state index in [1.807, 2.05) is 0 Å².